The quantitative estimate of drug-likeness (QED) is 0.167. The molecule has 3 heterocycles. The average Bonchev–Trinajstić information content (AvgIpc) is 3.85. The summed E-state index contributed by atoms with van der Waals surface area (Å²) in [4.78, 5) is 10.7. The van der Waals surface area contributed by atoms with Crippen LogP contribution in [0.1, 0.15) is 5.56 Å². The summed E-state index contributed by atoms with van der Waals surface area (Å²) in [5.41, 5.74) is 8.67. The summed E-state index contributed by atoms with van der Waals surface area (Å²) in [6.07, 6.45) is 0. The molecule has 0 saturated heterocycles. The SMILES string of the molecule is Cc1c(-c2ccc3c4ccccc4c4cc(-c5ccc6sc7ccccc7c6c5)ccc4c3c2)nc(-c2ccccc2)nc1-c1cccc2sc3ccccc3c12. The number of benzene rings is 9. The lowest BCUT2D eigenvalue weighted by atomic mass is 9.90. The highest BCUT2D eigenvalue weighted by molar-refractivity contribution is 7.26. The van der Waals surface area contributed by atoms with Gasteiger partial charge >= 0.3 is 0 Å². The number of fused-ring (bicyclic) bond motifs is 12. The van der Waals surface area contributed by atoms with Gasteiger partial charge in [0.15, 0.2) is 5.82 Å². The lowest BCUT2D eigenvalue weighted by molar-refractivity contribution is 1.15. The van der Waals surface area contributed by atoms with Crippen molar-refractivity contribution in [3.8, 4) is 45.0 Å². The second-order valence-electron chi connectivity index (χ2n) is 14.9. The first-order valence-corrected chi connectivity index (χ1v) is 20.9. The van der Waals surface area contributed by atoms with E-state index in [4.69, 9.17) is 9.97 Å². The zero-order valence-electron chi connectivity index (χ0n) is 31.0. The lowest BCUT2D eigenvalue weighted by Gasteiger charge is -2.16. The molecule has 0 N–H and O–H groups in total. The monoisotopic (exact) mass is 760 g/mol. The third-order valence-electron chi connectivity index (χ3n) is 11.7. The van der Waals surface area contributed by atoms with Crippen molar-refractivity contribution in [1.29, 1.82) is 0 Å². The molecule has 0 atom stereocenters. The number of thiophene rings is 2. The van der Waals surface area contributed by atoms with Crippen molar-refractivity contribution in [3.63, 3.8) is 0 Å². The van der Waals surface area contributed by atoms with Crippen LogP contribution in [-0.2, 0) is 0 Å². The Kier molecular flexibility index (Phi) is 7.22. The first-order valence-electron chi connectivity index (χ1n) is 19.3. The predicted octanol–water partition coefficient (Wildman–Crippen LogP) is 15.6. The topological polar surface area (TPSA) is 25.8 Å². The molecule has 12 rings (SSSR count). The maximum absolute atomic E-state index is 5.37. The average molecular weight is 761 g/mol. The van der Waals surface area contributed by atoms with Gasteiger partial charge in [0, 0.05) is 62.6 Å². The Labute approximate surface area is 337 Å². The van der Waals surface area contributed by atoms with Gasteiger partial charge in [0.25, 0.3) is 0 Å². The Morgan fingerprint density at radius 3 is 1.63 bits per heavy atom. The van der Waals surface area contributed by atoms with Crippen LogP contribution in [0, 0.1) is 6.92 Å². The number of aromatic nitrogens is 2. The zero-order chi connectivity index (χ0) is 37.6. The molecule has 0 spiro atoms. The first-order chi connectivity index (χ1) is 28.2. The van der Waals surface area contributed by atoms with Gasteiger partial charge in [0.1, 0.15) is 0 Å². The Balaban J connectivity index is 1.09. The van der Waals surface area contributed by atoms with Crippen LogP contribution >= 0.6 is 22.7 Å². The van der Waals surface area contributed by atoms with E-state index in [1.807, 2.05) is 28.7 Å². The molecule has 0 saturated carbocycles. The van der Waals surface area contributed by atoms with Crippen LogP contribution in [0.3, 0.4) is 0 Å². The second-order valence-corrected chi connectivity index (χ2v) is 17.1. The largest absolute Gasteiger partial charge is 0.228 e. The van der Waals surface area contributed by atoms with Gasteiger partial charge in [-0.1, -0.05) is 133 Å². The summed E-state index contributed by atoms with van der Waals surface area (Å²) < 4.78 is 5.20. The van der Waals surface area contributed by atoms with Crippen molar-refractivity contribution >= 4 is 95.3 Å². The van der Waals surface area contributed by atoms with Crippen LogP contribution in [0.25, 0.3) is 118 Å². The van der Waals surface area contributed by atoms with Crippen molar-refractivity contribution in [1.82, 2.24) is 9.97 Å². The molecular weight excluding hydrogens is 729 g/mol. The maximum atomic E-state index is 5.37. The molecule has 57 heavy (non-hydrogen) atoms. The normalized spacial score (nSPS) is 11.9. The summed E-state index contributed by atoms with van der Waals surface area (Å²) in [6.45, 7) is 2.19. The molecule has 9 aromatic carbocycles. The summed E-state index contributed by atoms with van der Waals surface area (Å²) in [7, 11) is 0. The van der Waals surface area contributed by atoms with Gasteiger partial charge in [-0.05, 0) is 92.8 Å². The summed E-state index contributed by atoms with van der Waals surface area (Å²) in [5.74, 6) is 0.728. The highest BCUT2D eigenvalue weighted by Crippen LogP contribution is 2.44. The first kappa shape index (κ1) is 32.5. The van der Waals surface area contributed by atoms with E-state index in [0.29, 0.717) is 0 Å². The lowest BCUT2D eigenvalue weighted by Crippen LogP contribution is -2.00. The molecule has 2 nitrogen and oxygen atoms in total. The van der Waals surface area contributed by atoms with Crippen molar-refractivity contribution in [2.45, 2.75) is 6.92 Å². The molecule has 4 heteroatoms. The molecule has 0 bridgehead atoms. The molecule has 0 aliphatic heterocycles. The number of hydrogen-bond acceptors (Lipinski definition) is 4. The highest BCUT2D eigenvalue weighted by Gasteiger charge is 2.20. The summed E-state index contributed by atoms with van der Waals surface area (Å²) in [6, 6.07) is 64.2. The molecule has 0 unspecified atom stereocenters. The fourth-order valence-electron chi connectivity index (χ4n) is 8.94. The van der Waals surface area contributed by atoms with E-state index in [9.17, 15) is 0 Å². The maximum Gasteiger partial charge on any atom is 0.160 e. The van der Waals surface area contributed by atoms with E-state index in [1.54, 1.807) is 0 Å². The van der Waals surface area contributed by atoms with Gasteiger partial charge in [0.05, 0.1) is 11.4 Å². The van der Waals surface area contributed by atoms with Crippen LogP contribution < -0.4 is 0 Å². The van der Waals surface area contributed by atoms with Gasteiger partial charge < -0.3 is 0 Å². The minimum absolute atomic E-state index is 0.728. The molecule has 266 valence electrons. The van der Waals surface area contributed by atoms with E-state index < -0.39 is 0 Å². The number of nitrogens with zero attached hydrogens (tertiary/aromatic N) is 2. The van der Waals surface area contributed by atoms with Crippen molar-refractivity contribution in [2.24, 2.45) is 0 Å². The van der Waals surface area contributed by atoms with Gasteiger partial charge in [-0.3, -0.25) is 0 Å². The third kappa shape index (κ3) is 5.08. The van der Waals surface area contributed by atoms with Crippen LogP contribution in [0.4, 0.5) is 0 Å². The molecule has 0 aliphatic carbocycles. The second kappa shape index (κ2) is 12.7. The summed E-state index contributed by atoms with van der Waals surface area (Å²) >= 11 is 3.70. The van der Waals surface area contributed by atoms with Crippen molar-refractivity contribution < 1.29 is 0 Å². The predicted molar refractivity (Wildman–Crippen MR) is 247 cm³/mol. The van der Waals surface area contributed by atoms with E-state index in [1.165, 1.54) is 83.8 Å². The Morgan fingerprint density at radius 2 is 0.842 bits per heavy atom. The van der Waals surface area contributed by atoms with Gasteiger partial charge in [0.2, 0.25) is 0 Å². The molecule has 0 amide bonds. The number of rotatable bonds is 4. The molecule has 12 aromatic rings. The Morgan fingerprint density at radius 1 is 0.333 bits per heavy atom. The van der Waals surface area contributed by atoms with E-state index in [0.717, 1.165) is 39.5 Å². The van der Waals surface area contributed by atoms with E-state index in [-0.39, 0.29) is 0 Å². The highest BCUT2D eigenvalue weighted by atomic mass is 32.1. The zero-order valence-corrected chi connectivity index (χ0v) is 32.6. The molecule has 0 radical (unpaired) electrons. The minimum Gasteiger partial charge on any atom is -0.228 e. The van der Waals surface area contributed by atoms with Gasteiger partial charge in [-0.15, -0.1) is 22.7 Å². The Hall–Kier alpha value is -6.72. The van der Waals surface area contributed by atoms with Crippen molar-refractivity contribution in [3.05, 3.63) is 181 Å². The van der Waals surface area contributed by atoms with Crippen LogP contribution in [0.15, 0.2) is 176 Å². The van der Waals surface area contributed by atoms with Crippen LogP contribution in [-0.4, -0.2) is 9.97 Å². The fraction of sp³-hybridized carbons (Fsp3) is 0.0189. The Bertz CT molecular complexity index is 3600. The molecular formula is C53H32N2S2. The van der Waals surface area contributed by atoms with Gasteiger partial charge in [-0.2, -0.15) is 0 Å². The minimum atomic E-state index is 0.728. The number of hydrogen-bond donors (Lipinski definition) is 0. The van der Waals surface area contributed by atoms with E-state index in [2.05, 4.69) is 177 Å². The van der Waals surface area contributed by atoms with Crippen LogP contribution in [0.2, 0.25) is 0 Å². The molecule has 3 aromatic heterocycles. The smallest absolute Gasteiger partial charge is 0.160 e. The third-order valence-corrected chi connectivity index (χ3v) is 13.9. The van der Waals surface area contributed by atoms with E-state index >= 15 is 0 Å². The van der Waals surface area contributed by atoms with Gasteiger partial charge in [-0.25, -0.2) is 9.97 Å². The standard InChI is InChI=1S/C53H32N2S2/c1-31-51(54-53(32-12-3-2-4-13-32)55-52(31)42-18-11-21-49-50(42)41-17-8-10-20-47(41)57-49)35-23-26-38-36-14-5-6-15-37(36)43-28-33(22-25-39(43)44(38)30-35)34-24-27-48-45(29-34)40-16-7-9-19-46(40)56-48/h2-30H,1H3. The summed E-state index contributed by atoms with van der Waals surface area (Å²) in [5, 5.41) is 12.6. The molecule has 0 fully saturated rings. The van der Waals surface area contributed by atoms with Crippen LogP contribution in [0.5, 0.6) is 0 Å². The fourth-order valence-corrected chi connectivity index (χ4v) is 11.2. The van der Waals surface area contributed by atoms with Crippen molar-refractivity contribution in [2.75, 3.05) is 0 Å². The molecule has 0 aliphatic rings.